The number of ketones is 1. The van der Waals surface area contributed by atoms with E-state index >= 15 is 0 Å². The predicted molar refractivity (Wildman–Crippen MR) is 47.6 cm³/mol. The van der Waals surface area contributed by atoms with Gasteiger partial charge in [0.25, 0.3) is 0 Å². The first-order chi connectivity index (χ1) is 4.81. The van der Waals surface area contributed by atoms with Crippen LogP contribution in [0.25, 0.3) is 0 Å². The number of carbonyl (C=O) groups excluding carboxylic acids is 1. The number of thiol groups is 1. The molecule has 0 rings (SSSR count). The van der Waals surface area contributed by atoms with E-state index in [9.17, 15) is 4.79 Å². The number of unbranched alkanes of at least 4 members (excludes halogenated alkanes) is 2. The van der Waals surface area contributed by atoms with E-state index in [-0.39, 0.29) is 0 Å². The average molecular weight is 160 g/mol. The molecule has 0 fully saturated rings. The average Bonchev–Trinajstić information content (AvgIpc) is 1.98. The fraction of sp³-hybridized carbons (Fsp3) is 0.875. The molecule has 0 aromatic heterocycles. The Bertz CT molecular complexity index is 91.3. The third-order valence-electron chi connectivity index (χ3n) is 1.51. The Labute approximate surface area is 68.6 Å². The molecule has 0 atom stereocenters. The predicted octanol–water partition coefficient (Wildman–Crippen LogP) is 2.46. The SMILES string of the molecule is CCC(=O)CCCCCS. The van der Waals surface area contributed by atoms with Crippen LogP contribution in [-0.4, -0.2) is 11.5 Å². The number of hydrogen-bond acceptors (Lipinski definition) is 2. The van der Waals surface area contributed by atoms with Gasteiger partial charge in [-0.05, 0) is 18.6 Å². The molecule has 0 unspecified atom stereocenters. The van der Waals surface area contributed by atoms with Crippen LogP contribution in [0, 0.1) is 0 Å². The van der Waals surface area contributed by atoms with Crippen molar-refractivity contribution in [3.8, 4) is 0 Å². The van der Waals surface area contributed by atoms with Crippen LogP contribution in [0.15, 0.2) is 0 Å². The van der Waals surface area contributed by atoms with E-state index in [1.54, 1.807) is 0 Å². The third kappa shape index (κ3) is 6.14. The van der Waals surface area contributed by atoms with Crippen LogP contribution in [-0.2, 0) is 4.79 Å². The number of Topliss-reactive ketones (excluding diaryl/α,β-unsaturated/α-hetero) is 1. The second kappa shape index (κ2) is 7.13. The summed E-state index contributed by atoms with van der Waals surface area (Å²) < 4.78 is 0. The van der Waals surface area contributed by atoms with E-state index in [1.165, 1.54) is 0 Å². The van der Waals surface area contributed by atoms with Crippen molar-refractivity contribution in [2.24, 2.45) is 0 Å². The first-order valence-corrected chi connectivity index (χ1v) is 4.57. The minimum atomic E-state index is 0.388. The van der Waals surface area contributed by atoms with Gasteiger partial charge >= 0.3 is 0 Å². The molecule has 1 nitrogen and oxygen atoms in total. The number of rotatable bonds is 6. The van der Waals surface area contributed by atoms with Gasteiger partial charge in [-0.1, -0.05) is 13.3 Å². The van der Waals surface area contributed by atoms with Gasteiger partial charge in [-0.25, -0.2) is 0 Å². The Morgan fingerprint density at radius 2 is 2.00 bits per heavy atom. The Morgan fingerprint density at radius 1 is 1.30 bits per heavy atom. The molecular weight excluding hydrogens is 144 g/mol. The highest BCUT2D eigenvalue weighted by Crippen LogP contribution is 2.02. The molecule has 10 heavy (non-hydrogen) atoms. The lowest BCUT2D eigenvalue weighted by Crippen LogP contribution is -1.94. The lowest BCUT2D eigenvalue weighted by Gasteiger charge is -1.95. The van der Waals surface area contributed by atoms with Crippen LogP contribution in [0.1, 0.15) is 39.0 Å². The standard InChI is InChI=1S/C8H16OS/c1-2-8(9)6-4-3-5-7-10/h10H,2-7H2,1H3. The minimum Gasteiger partial charge on any atom is -0.300 e. The second-order valence-electron chi connectivity index (χ2n) is 2.43. The molecule has 0 amide bonds. The maximum Gasteiger partial charge on any atom is 0.132 e. The molecule has 2 heteroatoms. The van der Waals surface area contributed by atoms with Crippen molar-refractivity contribution in [2.45, 2.75) is 39.0 Å². The molecule has 0 radical (unpaired) electrons. The fourth-order valence-corrected chi connectivity index (χ4v) is 1.01. The van der Waals surface area contributed by atoms with Crippen molar-refractivity contribution in [1.82, 2.24) is 0 Å². The normalized spacial score (nSPS) is 9.80. The molecule has 0 aliphatic rings. The monoisotopic (exact) mass is 160 g/mol. The third-order valence-corrected chi connectivity index (χ3v) is 1.82. The van der Waals surface area contributed by atoms with Gasteiger partial charge in [0.1, 0.15) is 5.78 Å². The maximum absolute atomic E-state index is 10.8. The van der Waals surface area contributed by atoms with E-state index in [4.69, 9.17) is 0 Å². The summed E-state index contributed by atoms with van der Waals surface area (Å²) in [6.45, 7) is 1.92. The molecule has 0 saturated heterocycles. The Morgan fingerprint density at radius 3 is 2.50 bits per heavy atom. The van der Waals surface area contributed by atoms with Gasteiger partial charge in [-0.2, -0.15) is 12.6 Å². The summed E-state index contributed by atoms with van der Waals surface area (Å²) in [5, 5.41) is 0. The molecule has 0 aromatic rings. The van der Waals surface area contributed by atoms with Crippen LogP contribution in [0.5, 0.6) is 0 Å². The summed E-state index contributed by atoms with van der Waals surface area (Å²) in [4.78, 5) is 10.8. The number of carbonyl (C=O) groups is 1. The Hall–Kier alpha value is 0.0200. The molecule has 0 aliphatic heterocycles. The molecule has 0 saturated carbocycles. The van der Waals surface area contributed by atoms with Gasteiger partial charge in [0.2, 0.25) is 0 Å². The van der Waals surface area contributed by atoms with Gasteiger partial charge in [0, 0.05) is 12.8 Å². The van der Waals surface area contributed by atoms with Gasteiger partial charge < -0.3 is 0 Å². The Kier molecular flexibility index (Phi) is 7.15. The van der Waals surface area contributed by atoms with Crippen molar-refractivity contribution >= 4 is 18.4 Å². The van der Waals surface area contributed by atoms with Crippen molar-refractivity contribution in [1.29, 1.82) is 0 Å². The zero-order valence-electron chi connectivity index (χ0n) is 6.60. The molecule has 0 N–H and O–H groups in total. The van der Waals surface area contributed by atoms with Crippen LogP contribution in [0.2, 0.25) is 0 Å². The molecule has 0 spiro atoms. The summed E-state index contributed by atoms with van der Waals surface area (Å²) in [7, 11) is 0. The van der Waals surface area contributed by atoms with Crippen molar-refractivity contribution < 1.29 is 4.79 Å². The Balaban J connectivity index is 2.96. The van der Waals surface area contributed by atoms with Crippen LogP contribution in [0.4, 0.5) is 0 Å². The molecule has 0 aliphatic carbocycles. The topological polar surface area (TPSA) is 17.1 Å². The summed E-state index contributed by atoms with van der Waals surface area (Å²) in [5.74, 6) is 1.33. The smallest absolute Gasteiger partial charge is 0.132 e. The molecule has 0 heterocycles. The summed E-state index contributed by atoms with van der Waals surface area (Å²) >= 11 is 4.08. The first-order valence-electron chi connectivity index (χ1n) is 3.93. The quantitative estimate of drug-likeness (QED) is 0.466. The van der Waals surface area contributed by atoms with Gasteiger partial charge in [-0.3, -0.25) is 4.79 Å². The van der Waals surface area contributed by atoms with E-state index in [0.29, 0.717) is 12.2 Å². The highest BCUT2D eigenvalue weighted by atomic mass is 32.1. The minimum absolute atomic E-state index is 0.388. The fourth-order valence-electron chi connectivity index (χ4n) is 0.788. The van der Waals surface area contributed by atoms with Crippen molar-refractivity contribution in [3.63, 3.8) is 0 Å². The van der Waals surface area contributed by atoms with Crippen LogP contribution < -0.4 is 0 Å². The summed E-state index contributed by atoms with van der Waals surface area (Å²) in [5.41, 5.74) is 0. The van der Waals surface area contributed by atoms with Gasteiger partial charge in [0.05, 0.1) is 0 Å². The molecule has 0 bridgehead atoms. The lowest BCUT2D eigenvalue weighted by atomic mass is 10.1. The van der Waals surface area contributed by atoms with E-state index < -0.39 is 0 Å². The largest absolute Gasteiger partial charge is 0.300 e. The molecule has 0 aromatic carbocycles. The van der Waals surface area contributed by atoms with Crippen molar-refractivity contribution in [2.75, 3.05) is 5.75 Å². The summed E-state index contributed by atoms with van der Waals surface area (Å²) in [6.07, 6.45) is 4.80. The van der Waals surface area contributed by atoms with E-state index in [0.717, 1.165) is 31.4 Å². The number of hydrogen-bond donors (Lipinski definition) is 1. The van der Waals surface area contributed by atoms with Crippen LogP contribution >= 0.6 is 12.6 Å². The van der Waals surface area contributed by atoms with Gasteiger partial charge in [0.15, 0.2) is 0 Å². The van der Waals surface area contributed by atoms with E-state index in [2.05, 4.69) is 12.6 Å². The highest BCUT2D eigenvalue weighted by Gasteiger charge is 1.95. The first kappa shape index (κ1) is 10.0. The van der Waals surface area contributed by atoms with E-state index in [1.807, 2.05) is 6.92 Å². The molecular formula is C8H16OS. The van der Waals surface area contributed by atoms with Gasteiger partial charge in [-0.15, -0.1) is 0 Å². The lowest BCUT2D eigenvalue weighted by molar-refractivity contribution is -0.118. The highest BCUT2D eigenvalue weighted by molar-refractivity contribution is 7.80. The zero-order chi connectivity index (χ0) is 7.82. The molecule has 60 valence electrons. The van der Waals surface area contributed by atoms with Crippen LogP contribution in [0.3, 0.4) is 0 Å². The second-order valence-corrected chi connectivity index (χ2v) is 2.87. The summed E-state index contributed by atoms with van der Waals surface area (Å²) in [6, 6.07) is 0. The zero-order valence-corrected chi connectivity index (χ0v) is 7.49. The maximum atomic E-state index is 10.8. The van der Waals surface area contributed by atoms with Crippen molar-refractivity contribution in [3.05, 3.63) is 0 Å².